The molecule has 1 aromatic heterocycles. The van der Waals surface area contributed by atoms with Crippen molar-refractivity contribution in [2.45, 2.75) is 44.6 Å². The van der Waals surface area contributed by atoms with E-state index in [0.29, 0.717) is 34.2 Å². The van der Waals surface area contributed by atoms with Crippen molar-refractivity contribution in [1.29, 1.82) is 0 Å². The largest absolute Gasteiger partial charge is 0.464 e. The first-order valence-corrected chi connectivity index (χ1v) is 11.7. The van der Waals surface area contributed by atoms with Gasteiger partial charge in [0, 0.05) is 34.0 Å². The summed E-state index contributed by atoms with van der Waals surface area (Å²) in [5, 5.41) is 4.14. The number of halogens is 1. The lowest BCUT2D eigenvalue weighted by Crippen LogP contribution is -2.44. The number of rotatable bonds is 7. The number of benzene rings is 2. The van der Waals surface area contributed by atoms with Gasteiger partial charge >= 0.3 is 5.97 Å². The number of ether oxygens (including phenoxy) is 1. The number of hydrogen-bond acceptors (Lipinski definition) is 4. The van der Waals surface area contributed by atoms with E-state index in [9.17, 15) is 14.4 Å². The maximum absolute atomic E-state index is 13.1. The summed E-state index contributed by atoms with van der Waals surface area (Å²) in [4.78, 5) is 40.9. The fourth-order valence-corrected chi connectivity index (χ4v) is 4.48. The van der Waals surface area contributed by atoms with Gasteiger partial charge in [0.15, 0.2) is 0 Å². The molecule has 6 nitrogen and oxygen atoms in total. The molecule has 1 amide bonds. The van der Waals surface area contributed by atoms with Gasteiger partial charge in [0.05, 0.1) is 6.61 Å². The minimum atomic E-state index is -0.929. The van der Waals surface area contributed by atoms with Gasteiger partial charge in [0.2, 0.25) is 5.56 Å². The zero-order valence-electron chi connectivity index (χ0n) is 18.3. The van der Waals surface area contributed by atoms with Gasteiger partial charge in [-0.15, -0.1) is 0 Å². The molecule has 0 aliphatic heterocycles. The lowest BCUT2D eigenvalue weighted by Gasteiger charge is -2.23. The Balaban J connectivity index is 1.56. The Bertz CT molecular complexity index is 1180. The molecule has 33 heavy (non-hydrogen) atoms. The highest BCUT2D eigenvalue weighted by Crippen LogP contribution is 2.24. The SMILES string of the molecule is O=C(NC(Cc1cc(=O)[nH]c2ccccc12)C(=O)OCC1CCCCC1)c1ccc(Cl)cc1. The van der Waals surface area contributed by atoms with Crippen LogP contribution >= 0.6 is 11.6 Å². The maximum Gasteiger partial charge on any atom is 0.329 e. The number of esters is 1. The molecule has 0 bridgehead atoms. The van der Waals surface area contributed by atoms with Crippen LogP contribution in [-0.4, -0.2) is 29.5 Å². The molecule has 1 aliphatic carbocycles. The number of para-hydroxylation sites is 1. The maximum atomic E-state index is 13.1. The zero-order valence-corrected chi connectivity index (χ0v) is 19.1. The Morgan fingerprint density at radius 2 is 1.79 bits per heavy atom. The third-order valence-corrected chi connectivity index (χ3v) is 6.39. The number of fused-ring (bicyclic) bond motifs is 1. The molecule has 3 aromatic rings. The summed E-state index contributed by atoms with van der Waals surface area (Å²) in [5.74, 6) is -0.539. The van der Waals surface area contributed by atoms with Crippen molar-refractivity contribution in [2.75, 3.05) is 6.61 Å². The van der Waals surface area contributed by atoms with E-state index in [1.165, 1.54) is 12.5 Å². The topological polar surface area (TPSA) is 88.3 Å². The van der Waals surface area contributed by atoms with Crippen LogP contribution in [0, 0.1) is 5.92 Å². The van der Waals surface area contributed by atoms with Gasteiger partial charge in [0.1, 0.15) is 6.04 Å². The smallest absolute Gasteiger partial charge is 0.329 e. The number of hydrogen-bond donors (Lipinski definition) is 2. The molecule has 0 spiro atoms. The third kappa shape index (κ3) is 6.02. The lowest BCUT2D eigenvalue weighted by molar-refractivity contribution is -0.147. The minimum Gasteiger partial charge on any atom is -0.464 e. The Hall–Kier alpha value is -3.12. The first kappa shape index (κ1) is 23.1. The van der Waals surface area contributed by atoms with Crippen LogP contribution in [0.5, 0.6) is 0 Å². The zero-order chi connectivity index (χ0) is 23.2. The van der Waals surface area contributed by atoms with Crippen molar-refractivity contribution >= 4 is 34.4 Å². The van der Waals surface area contributed by atoms with Crippen LogP contribution in [0.15, 0.2) is 59.4 Å². The van der Waals surface area contributed by atoms with Gasteiger partial charge in [-0.2, -0.15) is 0 Å². The highest BCUT2D eigenvalue weighted by Gasteiger charge is 2.26. The van der Waals surface area contributed by atoms with Gasteiger partial charge in [-0.25, -0.2) is 4.79 Å². The second-order valence-corrected chi connectivity index (χ2v) is 9.01. The third-order valence-electron chi connectivity index (χ3n) is 6.14. The average Bonchev–Trinajstić information content (AvgIpc) is 2.83. The predicted molar refractivity (Wildman–Crippen MR) is 129 cm³/mol. The number of nitrogens with one attached hydrogen (secondary N) is 2. The average molecular weight is 467 g/mol. The van der Waals surface area contributed by atoms with E-state index in [0.717, 1.165) is 31.1 Å². The van der Waals surface area contributed by atoms with Gasteiger partial charge in [-0.3, -0.25) is 9.59 Å². The van der Waals surface area contributed by atoms with Crippen LogP contribution in [-0.2, 0) is 16.0 Å². The van der Waals surface area contributed by atoms with E-state index >= 15 is 0 Å². The monoisotopic (exact) mass is 466 g/mol. The van der Waals surface area contributed by atoms with E-state index in [1.54, 1.807) is 24.3 Å². The first-order chi connectivity index (χ1) is 16.0. The Morgan fingerprint density at radius 3 is 2.55 bits per heavy atom. The summed E-state index contributed by atoms with van der Waals surface area (Å²) in [5.41, 5.74) is 1.48. The summed E-state index contributed by atoms with van der Waals surface area (Å²) in [6, 6.07) is 14.4. The van der Waals surface area contributed by atoms with Gasteiger partial charge in [-0.1, -0.05) is 49.1 Å². The van der Waals surface area contributed by atoms with Crippen molar-refractivity contribution in [3.05, 3.63) is 81.1 Å². The fraction of sp³-hybridized carbons (Fsp3) is 0.346. The Morgan fingerprint density at radius 1 is 1.06 bits per heavy atom. The van der Waals surface area contributed by atoms with Crippen molar-refractivity contribution in [3.8, 4) is 0 Å². The Kier molecular flexibility index (Phi) is 7.45. The van der Waals surface area contributed by atoms with E-state index in [4.69, 9.17) is 16.3 Å². The van der Waals surface area contributed by atoms with Crippen LogP contribution in [0.4, 0.5) is 0 Å². The summed E-state index contributed by atoms with van der Waals surface area (Å²) < 4.78 is 5.65. The molecule has 0 saturated heterocycles. The van der Waals surface area contributed by atoms with Crippen LogP contribution in [0.2, 0.25) is 5.02 Å². The van der Waals surface area contributed by atoms with Crippen LogP contribution in [0.25, 0.3) is 10.9 Å². The standard InChI is InChI=1S/C26H27ClN2O4/c27-20-12-10-18(11-13-20)25(31)29-23(26(32)33-16-17-6-2-1-3-7-17)14-19-15-24(30)28-22-9-5-4-8-21(19)22/h4-5,8-13,15,17,23H,1-3,6-7,14,16H2,(H,28,30)(H,29,31). The van der Waals surface area contributed by atoms with Crippen LogP contribution in [0.1, 0.15) is 48.0 Å². The van der Waals surface area contributed by atoms with Crippen molar-refractivity contribution < 1.29 is 14.3 Å². The summed E-state index contributed by atoms with van der Waals surface area (Å²) in [6.07, 6.45) is 5.77. The van der Waals surface area contributed by atoms with Gasteiger partial charge in [0.25, 0.3) is 5.91 Å². The lowest BCUT2D eigenvalue weighted by atomic mass is 9.90. The van der Waals surface area contributed by atoms with Crippen molar-refractivity contribution in [2.24, 2.45) is 5.92 Å². The molecule has 172 valence electrons. The molecular weight excluding hydrogens is 440 g/mol. The molecule has 1 heterocycles. The Labute approximate surface area is 197 Å². The number of carbonyl (C=O) groups is 2. The van der Waals surface area contributed by atoms with Crippen molar-refractivity contribution in [3.63, 3.8) is 0 Å². The molecule has 7 heteroatoms. The molecule has 1 atom stereocenters. The molecule has 1 fully saturated rings. The second kappa shape index (κ2) is 10.7. The minimum absolute atomic E-state index is 0.146. The molecule has 4 rings (SSSR count). The fourth-order valence-electron chi connectivity index (χ4n) is 4.36. The van der Waals surface area contributed by atoms with E-state index in [2.05, 4.69) is 10.3 Å². The normalized spacial score (nSPS) is 15.2. The van der Waals surface area contributed by atoms with Crippen molar-refractivity contribution in [1.82, 2.24) is 10.3 Å². The highest BCUT2D eigenvalue weighted by atomic mass is 35.5. The first-order valence-electron chi connectivity index (χ1n) is 11.3. The highest BCUT2D eigenvalue weighted by molar-refractivity contribution is 6.30. The van der Waals surface area contributed by atoms with Crippen LogP contribution < -0.4 is 10.9 Å². The molecule has 1 aliphatic rings. The number of aromatic nitrogens is 1. The second-order valence-electron chi connectivity index (χ2n) is 8.58. The number of pyridine rings is 1. The molecule has 2 aromatic carbocycles. The molecule has 1 saturated carbocycles. The van der Waals surface area contributed by atoms with E-state index < -0.39 is 17.9 Å². The predicted octanol–water partition coefficient (Wildman–Crippen LogP) is 4.65. The molecule has 1 unspecified atom stereocenters. The quantitative estimate of drug-likeness (QED) is 0.496. The molecule has 2 N–H and O–H groups in total. The number of carbonyl (C=O) groups excluding carboxylic acids is 2. The van der Waals surface area contributed by atoms with Gasteiger partial charge < -0.3 is 15.0 Å². The summed E-state index contributed by atoms with van der Waals surface area (Å²) >= 11 is 5.93. The number of aromatic amines is 1. The summed E-state index contributed by atoms with van der Waals surface area (Å²) in [6.45, 7) is 0.349. The number of H-pyrrole nitrogens is 1. The number of amides is 1. The van der Waals surface area contributed by atoms with E-state index in [1.807, 2.05) is 24.3 Å². The van der Waals surface area contributed by atoms with E-state index in [-0.39, 0.29) is 12.0 Å². The molecular formula is C26H27ClN2O4. The van der Waals surface area contributed by atoms with Crippen LogP contribution in [0.3, 0.4) is 0 Å². The van der Waals surface area contributed by atoms with Gasteiger partial charge in [-0.05, 0) is 54.7 Å². The summed E-state index contributed by atoms with van der Waals surface area (Å²) in [7, 11) is 0. The molecule has 0 radical (unpaired) electrons.